The topological polar surface area (TPSA) is 92.5 Å². The molecule has 1 heterocycles. The summed E-state index contributed by atoms with van der Waals surface area (Å²) in [6.07, 6.45) is 1.57. The Bertz CT molecular complexity index is 444. The maximum Gasteiger partial charge on any atom is 0.255 e. The number of nitrogens with two attached hydrogens (primary N) is 1. The number of nitrogens with one attached hydrogen (secondary N) is 2. The second kappa shape index (κ2) is 8.85. The minimum Gasteiger partial charge on any atom is -0.383 e. The summed E-state index contributed by atoms with van der Waals surface area (Å²) < 4.78 is 5.71. The maximum absolute atomic E-state index is 12.1. The van der Waals surface area contributed by atoms with E-state index in [9.17, 15) is 4.79 Å². The van der Waals surface area contributed by atoms with Crippen LogP contribution < -0.4 is 16.6 Å². The van der Waals surface area contributed by atoms with Crippen molar-refractivity contribution >= 4 is 27.7 Å². The highest BCUT2D eigenvalue weighted by atomic mass is 79.9. The number of aromatic nitrogens is 1. The molecule has 112 valence electrons. The SMILES string of the molecule is COCCN(C)CCNC(=O)c1cc(Br)cnc1NN. The summed E-state index contributed by atoms with van der Waals surface area (Å²) in [5.74, 6) is 5.47. The molecule has 0 aromatic carbocycles. The van der Waals surface area contributed by atoms with Crippen LogP contribution in [0.3, 0.4) is 0 Å². The smallest absolute Gasteiger partial charge is 0.255 e. The van der Waals surface area contributed by atoms with Crippen molar-refractivity contribution in [2.24, 2.45) is 5.84 Å². The van der Waals surface area contributed by atoms with Crippen LogP contribution in [0.1, 0.15) is 10.4 Å². The number of nitrogen functional groups attached to an aromatic ring is 1. The normalized spacial score (nSPS) is 10.7. The number of carbonyl (C=O) groups is 1. The van der Waals surface area contributed by atoms with Gasteiger partial charge in [-0.25, -0.2) is 10.8 Å². The fourth-order valence-electron chi connectivity index (χ4n) is 1.54. The minimum absolute atomic E-state index is 0.216. The zero-order chi connectivity index (χ0) is 15.0. The van der Waals surface area contributed by atoms with E-state index >= 15 is 0 Å². The van der Waals surface area contributed by atoms with Crippen molar-refractivity contribution in [1.82, 2.24) is 15.2 Å². The maximum atomic E-state index is 12.1. The Morgan fingerprint density at radius 1 is 1.55 bits per heavy atom. The Kier molecular flexibility index (Phi) is 7.45. The number of pyridine rings is 1. The summed E-state index contributed by atoms with van der Waals surface area (Å²) in [7, 11) is 3.63. The van der Waals surface area contributed by atoms with Gasteiger partial charge in [0.25, 0.3) is 5.91 Å². The molecule has 0 aliphatic carbocycles. The Hall–Kier alpha value is -1.22. The molecule has 0 radical (unpaired) electrons. The molecule has 0 atom stereocenters. The van der Waals surface area contributed by atoms with Crippen molar-refractivity contribution in [1.29, 1.82) is 0 Å². The Labute approximate surface area is 127 Å². The van der Waals surface area contributed by atoms with Crippen LogP contribution in [0, 0.1) is 0 Å². The summed E-state index contributed by atoms with van der Waals surface area (Å²) in [6, 6.07) is 1.67. The van der Waals surface area contributed by atoms with Crippen molar-refractivity contribution in [3.8, 4) is 0 Å². The van der Waals surface area contributed by atoms with Gasteiger partial charge in [0.15, 0.2) is 5.82 Å². The Morgan fingerprint density at radius 3 is 2.95 bits per heavy atom. The Balaban J connectivity index is 2.49. The molecule has 0 fully saturated rings. The largest absolute Gasteiger partial charge is 0.383 e. The summed E-state index contributed by atoms with van der Waals surface area (Å²) in [4.78, 5) is 18.2. The van der Waals surface area contributed by atoms with Gasteiger partial charge in [-0.3, -0.25) is 4.79 Å². The molecule has 4 N–H and O–H groups in total. The van der Waals surface area contributed by atoms with E-state index in [0.29, 0.717) is 24.5 Å². The van der Waals surface area contributed by atoms with Crippen LogP contribution in [0.15, 0.2) is 16.7 Å². The monoisotopic (exact) mass is 345 g/mol. The van der Waals surface area contributed by atoms with E-state index in [4.69, 9.17) is 10.6 Å². The fraction of sp³-hybridized carbons (Fsp3) is 0.500. The first-order valence-electron chi connectivity index (χ1n) is 6.16. The molecule has 1 aromatic heterocycles. The van der Waals surface area contributed by atoms with E-state index in [-0.39, 0.29) is 5.91 Å². The molecule has 1 rings (SSSR count). The summed E-state index contributed by atoms with van der Waals surface area (Å²) in [5, 5.41) is 2.83. The minimum atomic E-state index is -0.216. The molecule has 0 aliphatic rings. The number of ether oxygens (including phenoxy) is 1. The number of hydrogen-bond donors (Lipinski definition) is 3. The highest BCUT2D eigenvalue weighted by Gasteiger charge is 2.12. The third kappa shape index (κ3) is 5.41. The van der Waals surface area contributed by atoms with Crippen molar-refractivity contribution in [3.05, 3.63) is 22.3 Å². The highest BCUT2D eigenvalue weighted by Crippen LogP contribution is 2.16. The van der Waals surface area contributed by atoms with Crippen LogP contribution in [0.25, 0.3) is 0 Å². The van der Waals surface area contributed by atoms with E-state index < -0.39 is 0 Å². The summed E-state index contributed by atoms with van der Waals surface area (Å²) in [6.45, 7) is 2.76. The highest BCUT2D eigenvalue weighted by molar-refractivity contribution is 9.10. The van der Waals surface area contributed by atoms with E-state index in [1.807, 2.05) is 7.05 Å². The number of anilines is 1. The number of hydrogen-bond acceptors (Lipinski definition) is 6. The molecule has 1 amide bonds. The molecular weight excluding hydrogens is 326 g/mol. The fourth-order valence-corrected chi connectivity index (χ4v) is 1.87. The van der Waals surface area contributed by atoms with Crippen LogP contribution >= 0.6 is 15.9 Å². The number of hydrazine groups is 1. The molecular formula is C12H20BrN5O2. The van der Waals surface area contributed by atoms with Crippen LogP contribution in [-0.4, -0.2) is 56.2 Å². The predicted molar refractivity (Wildman–Crippen MR) is 81.5 cm³/mol. The number of amides is 1. The lowest BCUT2D eigenvalue weighted by atomic mass is 10.2. The van der Waals surface area contributed by atoms with Crippen molar-refractivity contribution in [3.63, 3.8) is 0 Å². The van der Waals surface area contributed by atoms with E-state index in [0.717, 1.165) is 17.6 Å². The third-order valence-corrected chi connectivity index (χ3v) is 3.13. The average molecular weight is 346 g/mol. The van der Waals surface area contributed by atoms with Gasteiger partial charge < -0.3 is 20.4 Å². The van der Waals surface area contributed by atoms with Gasteiger partial charge in [0, 0.05) is 37.4 Å². The van der Waals surface area contributed by atoms with Gasteiger partial charge in [-0.05, 0) is 29.0 Å². The van der Waals surface area contributed by atoms with Gasteiger partial charge >= 0.3 is 0 Å². The summed E-state index contributed by atoms with van der Waals surface area (Å²) >= 11 is 3.28. The van der Waals surface area contributed by atoms with E-state index in [1.165, 1.54) is 0 Å². The molecule has 0 saturated heterocycles. The average Bonchev–Trinajstić information content (AvgIpc) is 2.44. The number of carbonyl (C=O) groups excluding carboxylic acids is 1. The lowest BCUT2D eigenvalue weighted by Gasteiger charge is -2.16. The molecule has 1 aromatic rings. The second-order valence-electron chi connectivity index (χ2n) is 4.25. The van der Waals surface area contributed by atoms with E-state index in [2.05, 4.69) is 36.6 Å². The van der Waals surface area contributed by atoms with Gasteiger partial charge in [-0.2, -0.15) is 0 Å². The predicted octanol–water partition coefficient (Wildman–Crippen LogP) is 0.438. The van der Waals surface area contributed by atoms with E-state index in [1.54, 1.807) is 19.4 Å². The van der Waals surface area contributed by atoms with Gasteiger partial charge in [0.2, 0.25) is 0 Å². The molecule has 0 unspecified atom stereocenters. The molecule has 0 spiro atoms. The molecule has 0 aliphatic heterocycles. The lowest BCUT2D eigenvalue weighted by molar-refractivity contribution is 0.0948. The molecule has 0 saturated carbocycles. The van der Waals surface area contributed by atoms with Gasteiger partial charge in [0.1, 0.15) is 0 Å². The zero-order valence-corrected chi connectivity index (χ0v) is 13.2. The number of rotatable bonds is 8. The van der Waals surface area contributed by atoms with Crippen LogP contribution in [0.5, 0.6) is 0 Å². The van der Waals surface area contributed by atoms with Crippen LogP contribution in [-0.2, 0) is 4.74 Å². The number of halogens is 1. The first-order valence-corrected chi connectivity index (χ1v) is 6.95. The number of likely N-dealkylation sites (N-methyl/N-ethyl adjacent to an activating group) is 1. The number of methoxy groups -OCH3 is 1. The zero-order valence-electron chi connectivity index (χ0n) is 11.6. The standard InChI is InChI=1S/C12H20BrN5O2/c1-18(5-6-20-2)4-3-15-12(19)10-7-9(13)8-16-11(10)17-14/h7-8H,3-6,14H2,1-2H3,(H,15,19)(H,16,17). The van der Waals surface area contributed by atoms with Crippen molar-refractivity contribution in [2.45, 2.75) is 0 Å². The first-order chi connectivity index (χ1) is 9.58. The Morgan fingerprint density at radius 2 is 2.30 bits per heavy atom. The molecule has 20 heavy (non-hydrogen) atoms. The van der Waals surface area contributed by atoms with Gasteiger partial charge in [-0.1, -0.05) is 0 Å². The molecule has 8 heteroatoms. The van der Waals surface area contributed by atoms with Crippen LogP contribution in [0.2, 0.25) is 0 Å². The molecule has 7 nitrogen and oxygen atoms in total. The van der Waals surface area contributed by atoms with Crippen LogP contribution in [0.4, 0.5) is 5.82 Å². The quantitative estimate of drug-likeness (QED) is 0.467. The summed E-state index contributed by atoms with van der Waals surface area (Å²) in [5.41, 5.74) is 2.82. The lowest BCUT2D eigenvalue weighted by Crippen LogP contribution is -2.34. The van der Waals surface area contributed by atoms with Gasteiger partial charge in [0.05, 0.1) is 12.2 Å². The van der Waals surface area contributed by atoms with Gasteiger partial charge in [-0.15, -0.1) is 0 Å². The third-order valence-electron chi connectivity index (χ3n) is 2.69. The second-order valence-corrected chi connectivity index (χ2v) is 5.16. The van der Waals surface area contributed by atoms with Crippen molar-refractivity contribution < 1.29 is 9.53 Å². The first kappa shape index (κ1) is 16.8. The van der Waals surface area contributed by atoms with Crippen molar-refractivity contribution in [2.75, 3.05) is 45.8 Å². The number of nitrogens with zero attached hydrogens (tertiary/aromatic N) is 2. The molecule has 0 bridgehead atoms.